The molecule has 1 aliphatic rings. The standard InChI is InChI=1S/C21H21N5O3/c1-25-20(27)12-18(15-6-8-22-9-7-15)24-21(25)26-10-11-29-19(14-26)17-5-3-2-4-16(17)13-23-28/h2-9,12,19H,10-11,13-14H2,1H3. The van der Waals surface area contributed by atoms with Crippen LogP contribution in [-0.4, -0.2) is 34.2 Å². The van der Waals surface area contributed by atoms with Gasteiger partial charge in [-0.2, -0.15) is 4.91 Å². The lowest BCUT2D eigenvalue weighted by Gasteiger charge is -2.35. The number of nitrogens with zero attached hydrogens (tertiary/aromatic N) is 5. The van der Waals surface area contributed by atoms with E-state index in [2.05, 4.69) is 10.2 Å². The van der Waals surface area contributed by atoms with Crippen LogP contribution in [0.2, 0.25) is 0 Å². The molecule has 1 aliphatic heterocycles. The monoisotopic (exact) mass is 391 g/mol. The third-order valence-electron chi connectivity index (χ3n) is 5.07. The molecule has 29 heavy (non-hydrogen) atoms. The maximum absolute atomic E-state index is 12.6. The van der Waals surface area contributed by atoms with E-state index >= 15 is 0 Å². The molecule has 0 N–H and O–H groups in total. The van der Waals surface area contributed by atoms with E-state index in [-0.39, 0.29) is 18.2 Å². The van der Waals surface area contributed by atoms with Gasteiger partial charge in [0.1, 0.15) is 12.6 Å². The van der Waals surface area contributed by atoms with Gasteiger partial charge in [-0.3, -0.25) is 14.3 Å². The normalized spacial score (nSPS) is 16.6. The third-order valence-corrected chi connectivity index (χ3v) is 5.07. The van der Waals surface area contributed by atoms with E-state index in [1.807, 2.05) is 41.3 Å². The summed E-state index contributed by atoms with van der Waals surface area (Å²) in [7, 11) is 1.72. The van der Waals surface area contributed by atoms with Crippen LogP contribution in [-0.2, 0) is 18.3 Å². The summed E-state index contributed by atoms with van der Waals surface area (Å²) in [6, 6.07) is 12.8. The van der Waals surface area contributed by atoms with E-state index in [1.54, 1.807) is 24.0 Å². The highest BCUT2D eigenvalue weighted by atomic mass is 16.5. The van der Waals surface area contributed by atoms with Gasteiger partial charge in [-0.05, 0) is 23.3 Å². The van der Waals surface area contributed by atoms with E-state index in [0.717, 1.165) is 16.7 Å². The molecule has 0 saturated carbocycles. The van der Waals surface area contributed by atoms with Crippen LogP contribution >= 0.6 is 0 Å². The minimum Gasteiger partial charge on any atom is -0.370 e. The van der Waals surface area contributed by atoms with Gasteiger partial charge in [-0.1, -0.05) is 29.4 Å². The van der Waals surface area contributed by atoms with Crippen LogP contribution in [0.1, 0.15) is 17.2 Å². The van der Waals surface area contributed by atoms with Crippen LogP contribution in [0.4, 0.5) is 5.95 Å². The predicted octanol–water partition coefficient (Wildman–Crippen LogP) is 2.69. The topological polar surface area (TPSA) is 89.7 Å². The summed E-state index contributed by atoms with van der Waals surface area (Å²) in [5.41, 5.74) is 3.11. The van der Waals surface area contributed by atoms with Crippen molar-refractivity contribution in [1.82, 2.24) is 14.5 Å². The van der Waals surface area contributed by atoms with Crippen molar-refractivity contribution in [2.24, 2.45) is 12.2 Å². The maximum Gasteiger partial charge on any atom is 0.255 e. The molecule has 8 nitrogen and oxygen atoms in total. The Balaban J connectivity index is 1.68. The number of pyridine rings is 1. The molecule has 4 rings (SSSR count). The van der Waals surface area contributed by atoms with Crippen molar-refractivity contribution in [3.8, 4) is 11.3 Å². The second-order valence-corrected chi connectivity index (χ2v) is 6.87. The molecule has 8 heteroatoms. The van der Waals surface area contributed by atoms with Gasteiger partial charge >= 0.3 is 0 Å². The number of benzene rings is 1. The molecule has 2 aromatic heterocycles. The van der Waals surface area contributed by atoms with E-state index in [0.29, 0.717) is 31.3 Å². The van der Waals surface area contributed by atoms with Crippen molar-refractivity contribution >= 4 is 5.95 Å². The third kappa shape index (κ3) is 3.93. The molecule has 1 saturated heterocycles. The van der Waals surface area contributed by atoms with Crippen molar-refractivity contribution in [2.75, 3.05) is 24.6 Å². The molecule has 1 fully saturated rings. The zero-order valence-electron chi connectivity index (χ0n) is 16.1. The number of morpholine rings is 1. The molecule has 3 heterocycles. The van der Waals surface area contributed by atoms with Gasteiger partial charge in [-0.25, -0.2) is 4.98 Å². The quantitative estimate of drug-likeness (QED) is 0.621. The number of hydrogen-bond acceptors (Lipinski definition) is 7. The van der Waals surface area contributed by atoms with Crippen molar-refractivity contribution in [3.63, 3.8) is 0 Å². The van der Waals surface area contributed by atoms with Gasteiger partial charge in [0.25, 0.3) is 5.56 Å². The molecule has 0 amide bonds. The van der Waals surface area contributed by atoms with Crippen LogP contribution < -0.4 is 10.5 Å². The first-order valence-corrected chi connectivity index (χ1v) is 9.39. The number of rotatable bonds is 5. The second-order valence-electron chi connectivity index (χ2n) is 6.87. The first-order valence-electron chi connectivity index (χ1n) is 9.39. The fraction of sp³-hybridized carbons (Fsp3) is 0.286. The van der Waals surface area contributed by atoms with Gasteiger partial charge in [0.2, 0.25) is 5.95 Å². The largest absolute Gasteiger partial charge is 0.370 e. The molecule has 1 unspecified atom stereocenters. The van der Waals surface area contributed by atoms with Crippen molar-refractivity contribution in [3.05, 3.63) is 81.2 Å². The summed E-state index contributed by atoms with van der Waals surface area (Å²) < 4.78 is 7.53. The van der Waals surface area contributed by atoms with Crippen molar-refractivity contribution < 1.29 is 4.74 Å². The van der Waals surface area contributed by atoms with Crippen LogP contribution in [0.5, 0.6) is 0 Å². The fourth-order valence-corrected chi connectivity index (χ4v) is 3.56. The van der Waals surface area contributed by atoms with Crippen LogP contribution in [0.15, 0.2) is 64.8 Å². The van der Waals surface area contributed by atoms with Gasteiger partial charge < -0.3 is 9.64 Å². The average molecular weight is 391 g/mol. The number of aromatic nitrogens is 3. The predicted molar refractivity (Wildman–Crippen MR) is 110 cm³/mol. The summed E-state index contributed by atoms with van der Waals surface area (Å²) in [5.74, 6) is 0.587. The first-order chi connectivity index (χ1) is 14.2. The minimum absolute atomic E-state index is 0.101. The highest BCUT2D eigenvalue weighted by Gasteiger charge is 2.26. The van der Waals surface area contributed by atoms with Gasteiger partial charge in [0.05, 0.1) is 18.8 Å². The molecule has 1 aromatic carbocycles. The molecule has 1 atom stereocenters. The van der Waals surface area contributed by atoms with Gasteiger partial charge in [0, 0.05) is 37.6 Å². The lowest BCUT2D eigenvalue weighted by molar-refractivity contribution is 0.0384. The number of anilines is 1. The first kappa shape index (κ1) is 18.9. The van der Waals surface area contributed by atoms with Crippen LogP contribution in [0.3, 0.4) is 0 Å². The highest BCUT2D eigenvalue weighted by molar-refractivity contribution is 5.59. The Labute approximate surface area is 167 Å². The minimum atomic E-state index is -0.233. The zero-order valence-corrected chi connectivity index (χ0v) is 16.1. The Morgan fingerprint density at radius 3 is 2.79 bits per heavy atom. The SMILES string of the molecule is Cn1c(N2CCOC(c3ccccc3CN=O)C2)nc(-c2ccncc2)cc1=O. The molecule has 0 radical (unpaired) electrons. The van der Waals surface area contributed by atoms with Gasteiger partial charge in [-0.15, -0.1) is 0 Å². The Morgan fingerprint density at radius 2 is 2.00 bits per heavy atom. The van der Waals surface area contributed by atoms with E-state index in [9.17, 15) is 9.70 Å². The molecular formula is C21H21N5O3. The summed E-state index contributed by atoms with van der Waals surface area (Å²) in [6.07, 6.45) is 3.12. The number of hydrogen-bond donors (Lipinski definition) is 0. The maximum atomic E-state index is 12.6. The van der Waals surface area contributed by atoms with Crippen LogP contribution in [0, 0.1) is 4.91 Å². The van der Waals surface area contributed by atoms with Gasteiger partial charge in [0.15, 0.2) is 0 Å². The molecule has 0 aliphatic carbocycles. The Hall–Kier alpha value is -3.39. The highest BCUT2D eigenvalue weighted by Crippen LogP contribution is 2.28. The lowest BCUT2D eigenvalue weighted by atomic mass is 10.0. The van der Waals surface area contributed by atoms with E-state index in [1.165, 1.54) is 6.07 Å². The smallest absolute Gasteiger partial charge is 0.255 e. The van der Waals surface area contributed by atoms with Crippen LogP contribution in [0.25, 0.3) is 11.3 Å². The lowest BCUT2D eigenvalue weighted by Crippen LogP contribution is -2.42. The Bertz CT molecular complexity index is 1070. The summed E-state index contributed by atoms with van der Waals surface area (Å²) in [4.78, 5) is 34.2. The van der Waals surface area contributed by atoms with Crippen molar-refractivity contribution in [2.45, 2.75) is 12.6 Å². The molecule has 0 spiro atoms. The number of nitroso groups, excluding NO2 is 1. The molecular weight excluding hydrogens is 370 g/mol. The molecule has 148 valence electrons. The molecule has 3 aromatic rings. The Kier molecular flexibility index (Phi) is 5.44. The summed E-state index contributed by atoms with van der Waals surface area (Å²) in [5, 5.41) is 3.03. The van der Waals surface area contributed by atoms with Crippen molar-refractivity contribution in [1.29, 1.82) is 0 Å². The number of ether oxygens (including phenoxy) is 1. The summed E-state index contributed by atoms with van der Waals surface area (Å²) >= 11 is 0. The van der Waals surface area contributed by atoms with E-state index in [4.69, 9.17) is 9.72 Å². The Morgan fingerprint density at radius 1 is 1.21 bits per heavy atom. The zero-order chi connectivity index (χ0) is 20.2. The van der Waals surface area contributed by atoms with E-state index < -0.39 is 0 Å². The molecule has 0 bridgehead atoms. The average Bonchev–Trinajstić information content (AvgIpc) is 2.77. The summed E-state index contributed by atoms with van der Waals surface area (Å²) in [6.45, 7) is 1.73. The second kappa shape index (κ2) is 8.32. The fourth-order valence-electron chi connectivity index (χ4n) is 3.56.